The van der Waals surface area contributed by atoms with Gasteiger partial charge in [-0.05, 0) is 57.0 Å². The van der Waals surface area contributed by atoms with E-state index in [1.165, 1.54) is 11.2 Å². The van der Waals surface area contributed by atoms with Crippen LogP contribution in [0.15, 0.2) is 29.2 Å². The van der Waals surface area contributed by atoms with Crippen molar-refractivity contribution in [2.75, 3.05) is 45.5 Å². The zero-order valence-corrected chi connectivity index (χ0v) is 19.7. The number of nitrogens with two attached hydrogens (primary N) is 1. The third-order valence-electron chi connectivity index (χ3n) is 5.94. The smallest absolute Gasteiger partial charge is 0.314 e. The molecule has 0 aliphatic carbocycles. The summed E-state index contributed by atoms with van der Waals surface area (Å²) >= 11 is 0. The molecule has 1 atom stereocenters. The number of carbonyl (C=O) groups is 2. The predicted molar refractivity (Wildman–Crippen MR) is 122 cm³/mol. The molecule has 1 aliphatic rings. The molecule has 1 aliphatic heterocycles. The Labute approximate surface area is 186 Å². The third kappa shape index (κ3) is 7.81. The molecule has 1 unspecified atom stereocenters. The number of unbranched alkanes of at least 4 members (excludes halogenated alkanes) is 1. The minimum Gasteiger partial charge on any atom is -0.351 e. The van der Waals surface area contributed by atoms with Gasteiger partial charge in [-0.1, -0.05) is 19.1 Å². The SMILES string of the molecule is CCN(CCCCN1CCN(C(N)=O)CCC1=O)C(C)Cc1ccc(S(C)(=O)=O)cc1. The molecule has 0 spiro atoms. The van der Waals surface area contributed by atoms with Gasteiger partial charge in [0.15, 0.2) is 9.84 Å². The van der Waals surface area contributed by atoms with E-state index >= 15 is 0 Å². The highest BCUT2D eigenvalue weighted by atomic mass is 32.2. The first-order valence-corrected chi connectivity index (χ1v) is 12.9. The molecule has 0 radical (unpaired) electrons. The lowest BCUT2D eigenvalue weighted by Crippen LogP contribution is -2.39. The van der Waals surface area contributed by atoms with Gasteiger partial charge in [0.05, 0.1) is 4.90 Å². The summed E-state index contributed by atoms with van der Waals surface area (Å²) in [6.07, 6.45) is 4.30. The number of nitrogens with zero attached hydrogens (tertiary/aromatic N) is 3. The Bertz CT molecular complexity index is 842. The van der Waals surface area contributed by atoms with Crippen molar-refractivity contribution >= 4 is 21.8 Å². The van der Waals surface area contributed by atoms with Crippen LogP contribution in [0.4, 0.5) is 4.79 Å². The van der Waals surface area contributed by atoms with Crippen LogP contribution in [0.3, 0.4) is 0 Å². The molecule has 1 aromatic rings. The molecule has 3 amide bonds. The average molecular weight is 453 g/mol. The molecule has 8 nitrogen and oxygen atoms in total. The van der Waals surface area contributed by atoms with Gasteiger partial charge >= 0.3 is 6.03 Å². The molecule has 31 heavy (non-hydrogen) atoms. The van der Waals surface area contributed by atoms with Crippen LogP contribution in [-0.4, -0.2) is 86.6 Å². The van der Waals surface area contributed by atoms with Gasteiger partial charge < -0.3 is 20.4 Å². The second kappa shape index (κ2) is 11.5. The van der Waals surface area contributed by atoms with Gasteiger partial charge in [0.2, 0.25) is 5.91 Å². The summed E-state index contributed by atoms with van der Waals surface area (Å²) in [7, 11) is -3.17. The monoisotopic (exact) mass is 452 g/mol. The van der Waals surface area contributed by atoms with E-state index < -0.39 is 15.9 Å². The largest absolute Gasteiger partial charge is 0.351 e. The maximum Gasteiger partial charge on any atom is 0.314 e. The number of carbonyl (C=O) groups excluding carboxylic acids is 2. The molecular weight excluding hydrogens is 416 g/mol. The summed E-state index contributed by atoms with van der Waals surface area (Å²) in [6.45, 7) is 8.33. The van der Waals surface area contributed by atoms with Crippen molar-refractivity contribution in [2.45, 2.75) is 50.5 Å². The van der Waals surface area contributed by atoms with Gasteiger partial charge in [0, 0.05) is 44.9 Å². The lowest BCUT2D eigenvalue weighted by molar-refractivity contribution is -0.130. The number of hydrogen-bond donors (Lipinski definition) is 1. The molecule has 2 rings (SSSR count). The lowest BCUT2D eigenvalue weighted by atomic mass is 10.1. The first kappa shape index (κ1) is 25.1. The van der Waals surface area contributed by atoms with E-state index in [-0.39, 0.29) is 5.91 Å². The maximum absolute atomic E-state index is 12.3. The lowest BCUT2D eigenvalue weighted by Gasteiger charge is -2.28. The van der Waals surface area contributed by atoms with E-state index in [2.05, 4.69) is 18.7 Å². The molecule has 0 bridgehead atoms. The first-order valence-electron chi connectivity index (χ1n) is 11.0. The topological polar surface area (TPSA) is 104 Å². The van der Waals surface area contributed by atoms with Crippen LogP contribution < -0.4 is 5.73 Å². The van der Waals surface area contributed by atoms with Crippen LogP contribution in [0.1, 0.15) is 38.7 Å². The molecule has 1 aromatic carbocycles. The third-order valence-corrected chi connectivity index (χ3v) is 7.06. The van der Waals surface area contributed by atoms with E-state index in [4.69, 9.17) is 5.73 Å². The summed E-state index contributed by atoms with van der Waals surface area (Å²) in [5.74, 6) is 0.0852. The molecular formula is C22H36N4O4S. The fourth-order valence-electron chi connectivity index (χ4n) is 3.97. The van der Waals surface area contributed by atoms with E-state index in [1.54, 1.807) is 12.1 Å². The molecule has 174 valence electrons. The van der Waals surface area contributed by atoms with Crippen LogP contribution in [0.2, 0.25) is 0 Å². The second-order valence-electron chi connectivity index (χ2n) is 8.26. The summed E-state index contributed by atoms with van der Waals surface area (Å²) < 4.78 is 23.2. The van der Waals surface area contributed by atoms with Crippen LogP contribution in [-0.2, 0) is 21.1 Å². The number of urea groups is 1. The number of benzene rings is 1. The molecule has 1 saturated heterocycles. The highest BCUT2D eigenvalue weighted by Crippen LogP contribution is 2.14. The Kier molecular flexibility index (Phi) is 9.31. The van der Waals surface area contributed by atoms with Crippen LogP contribution >= 0.6 is 0 Å². The minimum absolute atomic E-state index is 0.0852. The highest BCUT2D eigenvalue weighted by Gasteiger charge is 2.22. The van der Waals surface area contributed by atoms with Gasteiger partial charge in [-0.25, -0.2) is 13.2 Å². The summed E-state index contributed by atoms with van der Waals surface area (Å²) in [5, 5.41) is 0. The maximum atomic E-state index is 12.3. The fourth-order valence-corrected chi connectivity index (χ4v) is 4.60. The normalized spacial score (nSPS) is 16.5. The number of amides is 3. The summed E-state index contributed by atoms with van der Waals surface area (Å²) in [5.41, 5.74) is 6.45. The van der Waals surface area contributed by atoms with E-state index in [1.807, 2.05) is 17.0 Å². The standard InChI is InChI=1S/C22H36N4O4S/c1-4-24(18(2)17-19-7-9-20(10-8-19)31(3,29)30)12-5-6-13-25-15-16-26(22(23)28)14-11-21(25)27/h7-10,18H,4-6,11-17H2,1-3H3,(H2,23,28). The molecule has 1 fully saturated rings. The Balaban J connectivity index is 1.78. The summed E-state index contributed by atoms with van der Waals surface area (Å²) in [4.78, 5) is 29.7. The van der Waals surface area contributed by atoms with Gasteiger partial charge in [-0.3, -0.25) is 4.79 Å². The van der Waals surface area contributed by atoms with E-state index in [9.17, 15) is 18.0 Å². The van der Waals surface area contributed by atoms with Gasteiger partial charge in [0.1, 0.15) is 0 Å². The van der Waals surface area contributed by atoms with Crippen LogP contribution in [0.5, 0.6) is 0 Å². The average Bonchev–Trinajstić information content (AvgIpc) is 2.89. The summed E-state index contributed by atoms with van der Waals surface area (Å²) in [6, 6.07) is 6.99. The van der Waals surface area contributed by atoms with Crippen molar-refractivity contribution in [2.24, 2.45) is 5.73 Å². The van der Waals surface area contributed by atoms with Gasteiger partial charge in [0.25, 0.3) is 0 Å². The number of primary amides is 1. The van der Waals surface area contributed by atoms with E-state index in [0.717, 1.165) is 37.9 Å². The second-order valence-corrected chi connectivity index (χ2v) is 10.3. The number of sulfone groups is 1. The molecule has 0 aromatic heterocycles. The zero-order valence-electron chi connectivity index (χ0n) is 18.9. The van der Waals surface area contributed by atoms with Crippen molar-refractivity contribution in [1.82, 2.24) is 14.7 Å². The Morgan fingerprint density at radius 1 is 1.16 bits per heavy atom. The number of hydrogen-bond acceptors (Lipinski definition) is 5. The predicted octanol–water partition coefficient (Wildman–Crippen LogP) is 1.74. The first-order chi connectivity index (χ1) is 14.6. The van der Waals surface area contributed by atoms with Crippen molar-refractivity contribution in [3.05, 3.63) is 29.8 Å². The van der Waals surface area contributed by atoms with Crippen molar-refractivity contribution in [3.8, 4) is 0 Å². The minimum atomic E-state index is -3.17. The van der Waals surface area contributed by atoms with Crippen molar-refractivity contribution in [1.29, 1.82) is 0 Å². The molecule has 9 heteroatoms. The highest BCUT2D eigenvalue weighted by molar-refractivity contribution is 7.90. The van der Waals surface area contributed by atoms with Crippen LogP contribution in [0, 0.1) is 0 Å². The molecule has 1 heterocycles. The van der Waals surface area contributed by atoms with Crippen molar-refractivity contribution < 1.29 is 18.0 Å². The Morgan fingerprint density at radius 3 is 2.42 bits per heavy atom. The van der Waals surface area contributed by atoms with Crippen LogP contribution in [0.25, 0.3) is 0 Å². The Morgan fingerprint density at radius 2 is 1.84 bits per heavy atom. The number of likely N-dealkylation sites (N-methyl/N-ethyl adjacent to an activating group) is 1. The van der Waals surface area contributed by atoms with E-state index in [0.29, 0.717) is 43.5 Å². The van der Waals surface area contributed by atoms with Gasteiger partial charge in [-0.2, -0.15) is 0 Å². The quantitative estimate of drug-likeness (QED) is 0.545. The molecule has 2 N–H and O–H groups in total. The molecule has 0 saturated carbocycles. The van der Waals surface area contributed by atoms with Crippen molar-refractivity contribution in [3.63, 3.8) is 0 Å². The Hall–Kier alpha value is -2.13. The fraction of sp³-hybridized carbons (Fsp3) is 0.636. The zero-order chi connectivity index (χ0) is 23.0. The van der Waals surface area contributed by atoms with Gasteiger partial charge in [-0.15, -0.1) is 0 Å². The number of rotatable bonds is 10.